The number of aliphatic hydroxyl groups excluding tert-OH is 2. The Morgan fingerprint density at radius 3 is 2.41 bits per heavy atom. The molecule has 2 N–H and O–H groups in total. The first kappa shape index (κ1) is 47.2. The summed E-state index contributed by atoms with van der Waals surface area (Å²) < 4.78 is 44.7. The van der Waals surface area contributed by atoms with Crippen molar-refractivity contribution in [2.24, 2.45) is 22.9 Å². The molecule has 2 aliphatic carbocycles. The minimum atomic E-state index is -1.48. The third-order valence-corrected chi connectivity index (χ3v) is 13.9. The van der Waals surface area contributed by atoms with E-state index >= 15 is 0 Å². The van der Waals surface area contributed by atoms with Crippen LogP contribution in [0.15, 0.2) is 120 Å². The Morgan fingerprint density at radius 2 is 1.65 bits per heavy atom. The molecule has 360 valence electrons. The maximum atomic E-state index is 14.7. The fourth-order valence-electron chi connectivity index (χ4n) is 10.9. The zero-order valence-electron chi connectivity index (χ0n) is 39.0. The van der Waals surface area contributed by atoms with Gasteiger partial charge in [-0.3, -0.25) is 4.90 Å². The number of rotatable bonds is 20. The van der Waals surface area contributed by atoms with Crippen LogP contribution < -0.4 is 18.9 Å². The number of unbranched alkanes of at least 4 members (excludes halogenated alkanes) is 2. The van der Waals surface area contributed by atoms with Gasteiger partial charge in [0.1, 0.15) is 23.3 Å². The predicted octanol–water partition coefficient (Wildman–Crippen LogP) is 10.7. The second-order valence-electron chi connectivity index (χ2n) is 18.2. The van der Waals surface area contributed by atoms with Crippen LogP contribution in [0.3, 0.4) is 0 Å². The number of allylic oxidation sites excluding steroid dienone is 1. The predicted molar refractivity (Wildman–Crippen MR) is 257 cm³/mol. The van der Waals surface area contributed by atoms with Crippen molar-refractivity contribution in [3.63, 3.8) is 0 Å². The van der Waals surface area contributed by atoms with E-state index in [4.69, 9.17) is 43.2 Å². The summed E-state index contributed by atoms with van der Waals surface area (Å²) >= 11 is 0. The summed E-state index contributed by atoms with van der Waals surface area (Å²) in [6.45, 7) is 7.16. The average molecular weight is 929 g/mol. The van der Waals surface area contributed by atoms with E-state index in [9.17, 15) is 15.0 Å². The maximum absolute atomic E-state index is 14.7. The molecule has 0 spiro atoms. The summed E-state index contributed by atoms with van der Waals surface area (Å²) in [5.41, 5.74) is 5.57. The summed E-state index contributed by atoms with van der Waals surface area (Å²) in [5.74, 6) is 1.01. The van der Waals surface area contributed by atoms with E-state index in [2.05, 4.69) is 43.0 Å². The van der Waals surface area contributed by atoms with Crippen LogP contribution in [-0.2, 0) is 25.6 Å². The molecule has 68 heavy (non-hydrogen) atoms. The van der Waals surface area contributed by atoms with E-state index in [1.54, 1.807) is 17.9 Å². The molecule has 1 amide bonds. The Kier molecular flexibility index (Phi) is 15.3. The normalized spacial score (nSPS) is 25.0. The van der Waals surface area contributed by atoms with Gasteiger partial charge in [0.05, 0.1) is 31.5 Å². The fourth-order valence-corrected chi connectivity index (χ4v) is 10.9. The number of fused-ring (bicyclic) bond motifs is 3. The number of aliphatic hydroxyl groups is 2. The summed E-state index contributed by atoms with van der Waals surface area (Å²) in [6.07, 6.45) is 10.4. The first-order valence-corrected chi connectivity index (χ1v) is 24.4. The number of oxime groups is 1. The molecule has 2 fully saturated rings. The largest absolute Gasteiger partial charge is 0.459 e. The molecule has 3 aliphatic heterocycles. The lowest BCUT2D eigenvalue weighted by atomic mass is 9.55. The van der Waals surface area contributed by atoms with Gasteiger partial charge in [-0.15, -0.1) is 6.58 Å². The Hall–Kier alpha value is -5.86. The molecule has 4 aromatic rings. The quantitative estimate of drug-likeness (QED) is 0.0496. The zero-order chi connectivity index (χ0) is 46.9. The minimum Gasteiger partial charge on any atom is -0.459 e. The van der Waals surface area contributed by atoms with Gasteiger partial charge >= 0.3 is 6.09 Å². The number of nitrogens with zero attached hydrogens (tertiary/aromatic N) is 2. The van der Waals surface area contributed by atoms with Crippen molar-refractivity contribution < 1.29 is 53.0 Å². The van der Waals surface area contributed by atoms with E-state index in [1.165, 1.54) is 0 Å². The molecule has 0 aromatic heterocycles. The van der Waals surface area contributed by atoms with E-state index in [0.717, 1.165) is 66.4 Å². The zero-order valence-corrected chi connectivity index (χ0v) is 39.0. The number of benzene rings is 4. The van der Waals surface area contributed by atoms with Gasteiger partial charge < -0.3 is 48.2 Å². The summed E-state index contributed by atoms with van der Waals surface area (Å²) in [4.78, 5) is 22.7. The van der Waals surface area contributed by atoms with Gasteiger partial charge in [0.15, 0.2) is 11.5 Å². The van der Waals surface area contributed by atoms with Gasteiger partial charge in [-0.05, 0) is 122 Å². The SMILES string of the molecule is C=CCO[C@@]12Oc3ccc(Oc4ccc(-c5ccccc5)cc4)cc3[C@H]3[C@H](CCCCO)[C@@H](CCCCO)C=C(C(=NOC4CCCCO4)C[C@@H]1N(Cc1ccc4c(c1)OCO4)C(=O)OCC)[C@H]32. The van der Waals surface area contributed by atoms with Crippen molar-refractivity contribution in [3.05, 3.63) is 126 Å². The molecule has 1 saturated heterocycles. The molecule has 13 heteroatoms. The van der Waals surface area contributed by atoms with E-state index < -0.39 is 30.1 Å². The standard InChI is InChI=1S/C55H64N2O11/c1-3-29-65-55-50(57(54(60)61-4-2)35-37-19-25-48-49(31-37)64-36-63-48)34-46(56-68-51-18-10-13-30-62-51)44-32-40(16-8-11-27-58)43(17-9-12-28-59)52(53(44)55)45-33-42(24-26-47(45)67-55)66-41-22-20-39(21-23-41)38-14-6-5-7-15-38/h3,5-7,14-15,19-26,31-33,40,43,50-53,58-59H,1,4,8-13,16-18,27-30,34-36H2,2H3/t40-,43+,50-,51?,52+,53+,55+/m0/s1. The van der Waals surface area contributed by atoms with E-state index in [-0.39, 0.29) is 63.9 Å². The Bertz CT molecular complexity index is 2400. The topological polar surface area (TPSA) is 147 Å². The molecule has 5 aliphatic rings. The lowest BCUT2D eigenvalue weighted by Crippen LogP contribution is -2.70. The number of carbonyl (C=O) groups excluding carboxylic acids is 1. The molecule has 0 bridgehead atoms. The molecule has 9 rings (SSSR count). The third-order valence-electron chi connectivity index (χ3n) is 13.9. The molecule has 1 unspecified atom stereocenters. The van der Waals surface area contributed by atoms with Crippen LogP contribution in [-0.4, -0.2) is 84.9 Å². The maximum Gasteiger partial charge on any atom is 0.410 e. The monoisotopic (exact) mass is 928 g/mol. The fraction of sp³-hybridized carbons (Fsp3) is 0.455. The van der Waals surface area contributed by atoms with Crippen molar-refractivity contribution >= 4 is 11.8 Å². The van der Waals surface area contributed by atoms with Gasteiger partial charge in [0, 0.05) is 44.1 Å². The molecule has 13 nitrogen and oxygen atoms in total. The molecule has 7 atom stereocenters. The number of amides is 1. The summed E-state index contributed by atoms with van der Waals surface area (Å²) in [5, 5.41) is 25.1. The average Bonchev–Trinajstić information content (AvgIpc) is 3.85. The van der Waals surface area contributed by atoms with E-state index in [1.807, 2.05) is 60.7 Å². The van der Waals surface area contributed by atoms with Crippen molar-refractivity contribution in [3.8, 4) is 39.9 Å². The molecule has 4 aromatic carbocycles. The second-order valence-corrected chi connectivity index (χ2v) is 18.2. The number of ether oxygens (including phenoxy) is 7. The van der Waals surface area contributed by atoms with Crippen LogP contribution in [0.1, 0.15) is 88.2 Å². The van der Waals surface area contributed by atoms with Gasteiger partial charge in [-0.1, -0.05) is 78.7 Å². The number of carbonyl (C=O) groups is 1. The van der Waals surface area contributed by atoms with Crippen molar-refractivity contribution in [1.29, 1.82) is 0 Å². The molecule has 0 radical (unpaired) electrons. The number of hydrogen-bond acceptors (Lipinski definition) is 12. The first-order chi connectivity index (χ1) is 33.4. The molecule has 1 saturated carbocycles. The van der Waals surface area contributed by atoms with Crippen LogP contribution in [0.5, 0.6) is 28.7 Å². The molecular formula is C55H64N2O11. The van der Waals surface area contributed by atoms with Gasteiger partial charge in [0.25, 0.3) is 0 Å². The van der Waals surface area contributed by atoms with Crippen LogP contribution in [0.4, 0.5) is 4.79 Å². The van der Waals surface area contributed by atoms with Gasteiger partial charge in [0.2, 0.25) is 18.9 Å². The van der Waals surface area contributed by atoms with Crippen molar-refractivity contribution in [1.82, 2.24) is 4.90 Å². The number of hydrogen-bond donors (Lipinski definition) is 2. The second kappa shape index (κ2) is 22.1. The highest BCUT2D eigenvalue weighted by atomic mass is 16.8. The highest BCUT2D eigenvalue weighted by Crippen LogP contribution is 2.62. The van der Waals surface area contributed by atoms with Crippen molar-refractivity contribution in [2.75, 3.05) is 39.8 Å². The van der Waals surface area contributed by atoms with E-state index in [0.29, 0.717) is 60.3 Å². The summed E-state index contributed by atoms with van der Waals surface area (Å²) in [7, 11) is 0. The Labute approximate surface area is 399 Å². The highest BCUT2D eigenvalue weighted by Gasteiger charge is 2.66. The van der Waals surface area contributed by atoms with Crippen LogP contribution in [0.25, 0.3) is 11.1 Å². The van der Waals surface area contributed by atoms with Gasteiger partial charge in [-0.2, -0.15) is 0 Å². The Morgan fingerprint density at radius 1 is 0.882 bits per heavy atom. The first-order valence-electron chi connectivity index (χ1n) is 24.4. The van der Waals surface area contributed by atoms with Gasteiger partial charge in [-0.25, -0.2) is 4.79 Å². The third kappa shape index (κ3) is 10.1. The summed E-state index contributed by atoms with van der Waals surface area (Å²) in [6, 6.07) is 29.2. The lowest BCUT2D eigenvalue weighted by molar-refractivity contribution is -0.256. The molecular weight excluding hydrogens is 865 g/mol. The van der Waals surface area contributed by atoms with Crippen LogP contribution in [0.2, 0.25) is 0 Å². The highest BCUT2D eigenvalue weighted by molar-refractivity contribution is 6.03. The minimum absolute atomic E-state index is 0.0243. The van der Waals surface area contributed by atoms with Crippen LogP contribution in [0, 0.1) is 17.8 Å². The lowest BCUT2D eigenvalue weighted by Gasteiger charge is -2.59. The Balaban J connectivity index is 1.20. The smallest absolute Gasteiger partial charge is 0.410 e. The van der Waals surface area contributed by atoms with Crippen molar-refractivity contribution in [2.45, 2.75) is 102 Å². The molecule has 3 heterocycles. The van der Waals surface area contributed by atoms with Crippen LogP contribution >= 0.6 is 0 Å².